The average molecular weight is 373 g/mol. The van der Waals surface area contributed by atoms with Gasteiger partial charge in [0.2, 0.25) is 0 Å². The van der Waals surface area contributed by atoms with Gasteiger partial charge in [0, 0.05) is 23.5 Å². The van der Waals surface area contributed by atoms with Crippen molar-refractivity contribution in [1.29, 1.82) is 0 Å². The van der Waals surface area contributed by atoms with Gasteiger partial charge in [0.15, 0.2) is 0 Å². The predicted octanol–water partition coefficient (Wildman–Crippen LogP) is 6.61. The highest BCUT2D eigenvalue weighted by molar-refractivity contribution is 8.76. The maximum Gasteiger partial charge on any atom is 0.115 e. The van der Waals surface area contributed by atoms with Crippen LogP contribution in [0.1, 0.15) is 0 Å². The molecule has 4 heteroatoms. The van der Waals surface area contributed by atoms with Crippen LogP contribution in [0.15, 0.2) is 107 Å². The van der Waals surface area contributed by atoms with E-state index < -0.39 is 0 Å². The van der Waals surface area contributed by atoms with E-state index in [-0.39, 0.29) is 0 Å². The molecule has 4 aromatic rings. The van der Waals surface area contributed by atoms with Crippen molar-refractivity contribution in [2.24, 2.45) is 0 Å². The summed E-state index contributed by atoms with van der Waals surface area (Å²) in [5, 5.41) is 1.99. The Morgan fingerprint density at radius 2 is 0.885 bits per heavy atom. The third kappa shape index (κ3) is 3.82. The minimum atomic E-state index is 0.994. The number of hydrogen-bond donors (Lipinski definition) is 0. The third-order valence-electron chi connectivity index (χ3n) is 3.91. The lowest BCUT2D eigenvalue weighted by molar-refractivity contribution is 1.14. The van der Waals surface area contributed by atoms with Crippen LogP contribution in [0.4, 0.5) is 0 Å². The summed E-state index contributed by atoms with van der Waals surface area (Å²) in [7, 11) is 3.29. The van der Waals surface area contributed by atoms with Gasteiger partial charge in [-0.1, -0.05) is 72.8 Å². The van der Waals surface area contributed by atoms with E-state index in [1.165, 1.54) is 11.1 Å². The van der Waals surface area contributed by atoms with Gasteiger partial charge >= 0.3 is 0 Å². The number of aromatic nitrogens is 2. The molecule has 0 saturated heterocycles. The first-order valence-corrected chi connectivity index (χ1v) is 10.4. The fourth-order valence-corrected chi connectivity index (χ4v) is 4.86. The Balaban J connectivity index is 1.62. The molecule has 0 atom stereocenters. The molecule has 0 N–H and O–H groups in total. The van der Waals surface area contributed by atoms with E-state index in [2.05, 4.69) is 70.6 Å². The highest BCUT2D eigenvalue weighted by atomic mass is 33.1. The molecule has 2 aromatic heterocycles. The molecule has 0 spiro atoms. The molecule has 0 aliphatic heterocycles. The van der Waals surface area contributed by atoms with Gasteiger partial charge in [-0.25, -0.2) is 9.97 Å². The molecule has 2 heterocycles. The fraction of sp³-hybridized carbons (Fsp3) is 0. The van der Waals surface area contributed by atoms with Gasteiger partial charge in [0.25, 0.3) is 0 Å². The topological polar surface area (TPSA) is 25.8 Å². The fourth-order valence-electron chi connectivity index (χ4n) is 2.67. The van der Waals surface area contributed by atoms with Gasteiger partial charge in [0.05, 0.1) is 0 Å². The van der Waals surface area contributed by atoms with E-state index in [1.807, 2.05) is 36.7 Å². The van der Waals surface area contributed by atoms with Crippen LogP contribution in [0.25, 0.3) is 22.3 Å². The molecule has 0 aliphatic carbocycles. The van der Waals surface area contributed by atoms with Crippen molar-refractivity contribution < 1.29 is 0 Å². The van der Waals surface area contributed by atoms with Crippen molar-refractivity contribution in [3.8, 4) is 22.3 Å². The molecule has 26 heavy (non-hydrogen) atoms. The molecule has 4 rings (SSSR count). The highest BCUT2D eigenvalue weighted by Crippen LogP contribution is 2.43. The lowest BCUT2D eigenvalue weighted by atomic mass is 10.1. The molecule has 2 nitrogen and oxygen atoms in total. The number of hydrogen-bond acceptors (Lipinski definition) is 4. The Bertz CT molecular complexity index is 906. The maximum absolute atomic E-state index is 4.59. The highest BCUT2D eigenvalue weighted by Gasteiger charge is 2.11. The van der Waals surface area contributed by atoms with Crippen LogP contribution < -0.4 is 0 Å². The minimum absolute atomic E-state index is 0.994. The number of rotatable bonds is 5. The molecule has 126 valence electrons. The second kappa shape index (κ2) is 8.21. The summed E-state index contributed by atoms with van der Waals surface area (Å²) >= 11 is 0. The SMILES string of the molecule is c1ccc(-c2cccnc2SSc2ncccc2-c2ccccc2)cc1. The smallest absolute Gasteiger partial charge is 0.115 e. The predicted molar refractivity (Wildman–Crippen MR) is 111 cm³/mol. The van der Waals surface area contributed by atoms with Crippen LogP contribution in [-0.4, -0.2) is 9.97 Å². The summed E-state index contributed by atoms with van der Waals surface area (Å²) in [5.41, 5.74) is 4.63. The second-order valence-electron chi connectivity index (χ2n) is 5.61. The molecular formula is C22H16N2S2. The van der Waals surface area contributed by atoms with Crippen molar-refractivity contribution >= 4 is 21.6 Å². The van der Waals surface area contributed by atoms with E-state index in [0.717, 1.165) is 21.2 Å². The lowest BCUT2D eigenvalue weighted by Gasteiger charge is -2.10. The minimum Gasteiger partial charge on any atom is -0.248 e. The van der Waals surface area contributed by atoms with Crippen molar-refractivity contribution in [2.45, 2.75) is 10.1 Å². The van der Waals surface area contributed by atoms with E-state index >= 15 is 0 Å². The summed E-state index contributed by atoms with van der Waals surface area (Å²) in [5.74, 6) is 0. The molecule has 0 unspecified atom stereocenters. The Hall–Kier alpha value is -2.56. The van der Waals surface area contributed by atoms with Crippen molar-refractivity contribution in [3.05, 3.63) is 97.3 Å². The Morgan fingerprint density at radius 1 is 0.462 bits per heavy atom. The van der Waals surface area contributed by atoms with Crippen LogP contribution >= 0.6 is 21.6 Å². The third-order valence-corrected chi connectivity index (χ3v) is 6.16. The Morgan fingerprint density at radius 3 is 1.31 bits per heavy atom. The van der Waals surface area contributed by atoms with Crippen molar-refractivity contribution in [2.75, 3.05) is 0 Å². The first-order valence-electron chi connectivity index (χ1n) is 8.27. The van der Waals surface area contributed by atoms with Gasteiger partial charge in [-0.05, 0) is 44.8 Å². The average Bonchev–Trinajstić information content (AvgIpc) is 2.74. The first kappa shape index (κ1) is 16.9. The zero-order chi connectivity index (χ0) is 17.6. The van der Waals surface area contributed by atoms with Crippen molar-refractivity contribution in [1.82, 2.24) is 9.97 Å². The van der Waals surface area contributed by atoms with Crippen LogP contribution in [-0.2, 0) is 0 Å². The molecule has 2 aromatic carbocycles. The Kier molecular flexibility index (Phi) is 5.33. The molecule has 0 saturated carbocycles. The van der Waals surface area contributed by atoms with Gasteiger partial charge in [0.1, 0.15) is 10.1 Å². The molecule has 0 bridgehead atoms. The summed E-state index contributed by atoms with van der Waals surface area (Å²) < 4.78 is 0. The first-order chi connectivity index (χ1) is 12.9. The van der Waals surface area contributed by atoms with Crippen LogP contribution in [0.5, 0.6) is 0 Å². The quantitative estimate of drug-likeness (QED) is 0.368. The Labute approximate surface area is 161 Å². The van der Waals surface area contributed by atoms with Crippen LogP contribution in [0.2, 0.25) is 0 Å². The molecular weight excluding hydrogens is 356 g/mol. The number of pyridine rings is 2. The summed E-state index contributed by atoms with van der Waals surface area (Å²) in [6.07, 6.45) is 3.68. The second-order valence-corrected chi connectivity index (χ2v) is 7.72. The van der Waals surface area contributed by atoms with E-state index in [9.17, 15) is 0 Å². The van der Waals surface area contributed by atoms with Crippen molar-refractivity contribution in [3.63, 3.8) is 0 Å². The van der Waals surface area contributed by atoms with E-state index in [4.69, 9.17) is 0 Å². The van der Waals surface area contributed by atoms with Crippen LogP contribution in [0.3, 0.4) is 0 Å². The van der Waals surface area contributed by atoms with Gasteiger partial charge in [-0.3, -0.25) is 0 Å². The normalized spacial score (nSPS) is 10.6. The van der Waals surface area contributed by atoms with Gasteiger partial charge in [-0.2, -0.15) is 0 Å². The monoisotopic (exact) mass is 372 g/mol. The largest absolute Gasteiger partial charge is 0.248 e. The molecule has 0 fully saturated rings. The molecule has 0 radical (unpaired) electrons. The zero-order valence-electron chi connectivity index (χ0n) is 13.9. The summed E-state index contributed by atoms with van der Waals surface area (Å²) in [6.45, 7) is 0. The van der Waals surface area contributed by atoms with Gasteiger partial charge in [-0.15, -0.1) is 0 Å². The van der Waals surface area contributed by atoms with Gasteiger partial charge < -0.3 is 0 Å². The van der Waals surface area contributed by atoms with E-state index in [1.54, 1.807) is 21.6 Å². The number of benzene rings is 2. The zero-order valence-corrected chi connectivity index (χ0v) is 15.6. The maximum atomic E-state index is 4.59. The summed E-state index contributed by atoms with van der Waals surface area (Å²) in [6, 6.07) is 28.9. The standard InChI is InChI=1S/C22H16N2S2/c1-3-9-17(10-4-1)19-13-7-15-23-21(19)25-26-22-20(14-8-16-24-22)18-11-5-2-6-12-18/h1-16H. The van der Waals surface area contributed by atoms with Crippen LogP contribution in [0, 0.1) is 0 Å². The summed E-state index contributed by atoms with van der Waals surface area (Å²) in [4.78, 5) is 9.17. The lowest BCUT2D eigenvalue weighted by Crippen LogP contribution is -1.87. The number of nitrogens with zero attached hydrogens (tertiary/aromatic N) is 2. The molecule has 0 amide bonds. The molecule has 0 aliphatic rings. The van der Waals surface area contributed by atoms with E-state index in [0.29, 0.717) is 0 Å².